The zero-order chi connectivity index (χ0) is 15.3. The first kappa shape index (κ1) is 14.9. The van der Waals surface area contributed by atoms with Crippen LogP contribution in [0, 0.1) is 35.5 Å². The van der Waals surface area contributed by atoms with E-state index in [1.165, 1.54) is 6.42 Å². The van der Waals surface area contributed by atoms with Crippen molar-refractivity contribution in [2.75, 3.05) is 13.2 Å². The monoisotopic (exact) mass is 304 g/mol. The van der Waals surface area contributed by atoms with Crippen LogP contribution >= 0.6 is 0 Å². The van der Waals surface area contributed by atoms with Crippen molar-refractivity contribution in [3.05, 3.63) is 12.2 Å². The molecule has 4 rings (SSSR count). The fraction of sp³-hybridized carbons (Fsp3) is 0.842. The third-order valence-corrected chi connectivity index (χ3v) is 6.73. The van der Waals surface area contributed by atoms with Gasteiger partial charge in [-0.05, 0) is 42.9 Å². The largest absolute Gasteiger partial charge is 0.347 e. The van der Waals surface area contributed by atoms with E-state index in [0.29, 0.717) is 49.1 Å². The molecule has 1 saturated heterocycles. The van der Waals surface area contributed by atoms with E-state index >= 15 is 0 Å². The standard InChI is InChI=1S/C19H28O3/c1-12(2)13-6-7-15-17(20)11-16-14(18(13)15)5-3-4-8-19(16)21-9-10-22-19/h3,5,12-16,18H,4,6-11H2,1-2H3/t13-,14?,15-,16+,18+/m0/s1. The van der Waals surface area contributed by atoms with Crippen LogP contribution in [0.1, 0.15) is 46.0 Å². The van der Waals surface area contributed by atoms with Gasteiger partial charge in [-0.2, -0.15) is 0 Å². The molecule has 0 N–H and O–H groups in total. The summed E-state index contributed by atoms with van der Waals surface area (Å²) in [6.45, 7) is 6.00. The number of Topliss-reactive ketones (excluding diaryl/α,β-unsaturated/α-hetero) is 1. The van der Waals surface area contributed by atoms with Gasteiger partial charge in [0.2, 0.25) is 0 Å². The summed E-state index contributed by atoms with van der Waals surface area (Å²) in [5.74, 6) is 2.78. The number of hydrogen-bond donors (Lipinski definition) is 0. The molecule has 22 heavy (non-hydrogen) atoms. The minimum atomic E-state index is -0.487. The van der Waals surface area contributed by atoms with Crippen LogP contribution < -0.4 is 0 Å². The third kappa shape index (κ3) is 2.12. The zero-order valence-corrected chi connectivity index (χ0v) is 13.8. The molecule has 0 aromatic carbocycles. The van der Waals surface area contributed by atoms with Gasteiger partial charge in [0.05, 0.1) is 13.2 Å². The summed E-state index contributed by atoms with van der Waals surface area (Å²) in [5, 5.41) is 0. The summed E-state index contributed by atoms with van der Waals surface area (Å²) in [4.78, 5) is 12.8. The number of carbonyl (C=O) groups excluding carboxylic acids is 1. The fourth-order valence-corrected chi connectivity index (χ4v) is 5.80. The molecule has 0 aromatic rings. The number of hydrogen-bond acceptors (Lipinski definition) is 3. The maximum absolute atomic E-state index is 12.8. The molecule has 1 aliphatic heterocycles. The molecular weight excluding hydrogens is 276 g/mol. The van der Waals surface area contributed by atoms with Gasteiger partial charge in [0, 0.05) is 24.7 Å². The highest BCUT2D eigenvalue weighted by atomic mass is 16.7. The second-order valence-corrected chi connectivity index (χ2v) is 8.00. The van der Waals surface area contributed by atoms with Gasteiger partial charge in [0.25, 0.3) is 0 Å². The lowest BCUT2D eigenvalue weighted by Crippen LogP contribution is -2.51. The minimum absolute atomic E-state index is 0.224. The number of ketones is 1. The predicted molar refractivity (Wildman–Crippen MR) is 84.2 cm³/mol. The van der Waals surface area contributed by atoms with Crippen molar-refractivity contribution in [1.29, 1.82) is 0 Å². The summed E-state index contributed by atoms with van der Waals surface area (Å²) >= 11 is 0. The van der Waals surface area contributed by atoms with Crippen LogP contribution in [-0.2, 0) is 14.3 Å². The Balaban J connectivity index is 1.72. The fourth-order valence-electron chi connectivity index (χ4n) is 5.80. The zero-order valence-electron chi connectivity index (χ0n) is 13.8. The Morgan fingerprint density at radius 3 is 2.73 bits per heavy atom. The van der Waals surface area contributed by atoms with Gasteiger partial charge >= 0.3 is 0 Å². The summed E-state index contributed by atoms with van der Waals surface area (Å²) in [6, 6.07) is 0. The van der Waals surface area contributed by atoms with E-state index in [1.54, 1.807) is 0 Å². The molecule has 5 atom stereocenters. The van der Waals surface area contributed by atoms with Crippen molar-refractivity contribution in [1.82, 2.24) is 0 Å². The van der Waals surface area contributed by atoms with Gasteiger partial charge in [-0.25, -0.2) is 0 Å². The Kier molecular flexibility index (Phi) is 3.69. The molecule has 122 valence electrons. The van der Waals surface area contributed by atoms with Crippen LogP contribution in [0.4, 0.5) is 0 Å². The van der Waals surface area contributed by atoms with E-state index in [1.807, 2.05) is 0 Å². The molecule has 0 amide bonds. The van der Waals surface area contributed by atoms with Crippen molar-refractivity contribution in [3.63, 3.8) is 0 Å². The molecule has 3 nitrogen and oxygen atoms in total. The Bertz CT molecular complexity index is 475. The highest BCUT2D eigenvalue weighted by Gasteiger charge is 2.58. The van der Waals surface area contributed by atoms with E-state index < -0.39 is 5.79 Å². The number of fused-ring (bicyclic) bond motifs is 4. The summed E-state index contributed by atoms with van der Waals surface area (Å²) in [5.41, 5.74) is 0. The Labute approximate surface area is 133 Å². The van der Waals surface area contributed by atoms with Crippen molar-refractivity contribution in [2.45, 2.75) is 51.7 Å². The second kappa shape index (κ2) is 5.45. The second-order valence-electron chi connectivity index (χ2n) is 8.00. The number of rotatable bonds is 1. The topological polar surface area (TPSA) is 35.5 Å². The minimum Gasteiger partial charge on any atom is -0.347 e. The van der Waals surface area contributed by atoms with Gasteiger partial charge in [-0.1, -0.05) is 26.0 Å². The molecule has 3 fully saturated rings. The first-order valence-corrected chi connectivity index (χ1v) is 9.10. The van der Waals surface area contributed by atoms with E-state index in [9.17, 15) is 4.79 Å². The highest BCUT2D eigenvalue weighted by molar-refractivity contribution is 5.83. The van der Waals surface area contributed by atoms with Crippen molar-refractivity contribution < 1.29 is 14.3 Å². The lowest BCUT2D eigenvalue weighted by molar-refractivity contribution is -0.219. The third-order valence-electron chi connectivity index (χ3n) is 6.73. The molecule has 3 aliphatic carbocycles. The van der Waals surface area contributed by atoms with E-state index in [0.717, 1.165) is 19.3 Å². The van der Waals surface area contributed by atoms with Crippen LogP contribution in [0.3, 0.4) is 0 Å². The number of carbonyl (C=O) groups is 1. The van der Waals surface area contributed by atoms with Gasteiger partial charge in [0.1, 0.15) is 5.78 Å². The maximum Gasteiger partial charge on any atom is 0.172 e. The normalized spacial score (nSPS) is 43.4. The summed E-state index contributed by atoms with van der Waals surface area (Å²) in [6.07, 6.45) is 9.60. The van der Waals surface area contributed by atoms with Crippen molar-refractivity contribution in [2.24, 2.45) is 35.5 Å². The molecule has 1 heterocycles. The molecular formula is C19H28O3. The van der Waals surface area contributed by atoms with Crippen molar-refractivity contribution >= 4 is 5.78 Å². The Morgan fingerprint density at radius 1 is 1.23 bits per heavy atom. The van der Waals surface area contributed by atoms with E-state index in [2.05, 4.69) is 26.0 Å². The van der Waals surface area contributed by atoms with Crippen LogP contribution in [0.15, 0.2) is 12.2 Å². The highest BCUT2D eigenvalue weighted by Crippen LogP contribution is 2.56. The average molecular weight is 304 g/mol. The molecule has 4 aliphatic rings. The summed E-state index contributed by atoms with van der Waals surface area (Å²) in [7, 11) is 0. The quantitative estimate of drug-likeness (QED) is 0.695. The molecule has 0 radical (unpaired) electrons. The lowest BCUT2D eigenvalue weighted by Gasteiger charge is -2.46. The average Bonchev–Trinajstić information content (AvgIpc) is 3.08. The maximum atomic E-state index is 12.8. The van der Waals surface area contributed by atoms with E-state index in [4.69, 9.17) is 9.47 Å². The molecule has 0 bridgehead atoms. The Hall–Kier alpha value is -0.670. The lowest BCUT2D eigenvalue weighted by atomic mass is 9.61. The van der Waals surface area contributed by atoms with Crippen LogP contribution in [0.25, 0.3) is 0 Å². The molecule has 0 aromatic heterocycles. The van der Waals surface area contributed by atoms with Gasteiger partial charge < -0.3 is 9.47 Å². The van der Waals surface area contributed by atoms with Gasteiger partial charge in [-0.15, -0.1) is 0 Å². The van der Waals surface area contributed by atoms with Crippen LogP contribution in [-0.4, -0.2) is 24.8 Å². The SMILES string of the molecule is CC(C)[C@@H]1CC[C@H]2C(=O)C[C@@H]3C(C=CCCC34OCCO4)[C@H]21. The van der Waals surface area contributed by atoms with Gasteiger partial charge in [-0.3, -0.25) is 4.79 Å². The van der Waals surface area contributed by atoms with E-state index in [-0.39, 0.29) is 11.8 Å². The number of ether oxygens (including phenoxy) is 2. The number of allylic oxidation sites excluding steroid dienone is 2. The van der Waals surface area contributed by atoms with Crippen LogP contribution in [0.5, 0.6) is 0 Å². The molecule has 3 heteroatoms. The first-order valence-electron chi connectivity index (χ1n) is 9.10. The summed E-state index contributed by atoms with van der Waals surface area (Å²) < 4.78 is 12.2. The molecule has 1 unspecified atom stereocenters. The molecule has 1 spiro atoms. The van der Waals surface area contributed by atoms with Gasteiger partial charge in [0.15, 0.2) is 5.79 Å². The first-order chi connectivity index (χ1) is 10.6. The smallest absolute Gasteiger partial charge is 0.172 e. The molecule has 2 saturated carbocycles. The predicted octanol–water partition coefficient (Wildman–Crippen LogP) is 3.58. The van der Waals surface area contributed by atoms with Crippen molar-refractivity contribution in [3.8, 4) is 0 Å². The van der Waals surface area contributed by atoms with Crippen LogP contribution in [0.2, 0.25) is 0 Å². The Morgan fingerprint density at radius 2 is 2.00 bits per heavy atom.